The van der Waals surface area contributed by atoms with Crippen molar-refractivity contribution in [3.05, 3.63) is 30.0 Å². The molecule has 3 nitrogen and oxygen atoms in total. The standard InChI is InChI=1S/C15H19F3N2O/c1-2-3-4-5-11-8-19-14(20-9-11)12-6-7-13(21-10-12)15(16,17)18/h8-10,13H,2-7H2,1H3. The summed E-state index contributed by atoms with van der Waals surface area (Å²) in [6.07, 6.45) is 3.15. The van der Waals surface area contributed by atoms with Crippen LogP contribution in [0, 0.1) is 0 Å². The zero-order valence-electron chi connectivity index (χ0n) is 12.0. The first-order valence-electron chi connectivity index (χ1n) is 7.23. The molecule has 0 saturated heterocycles. The van der Waals surface area contributed by atoms with E-state index in [1.807, 2.05) is 0 Å². The smallest absolute Gasteiger partial charge is 0.425 e. The van der Waals surface area contributed by atoms with E-state index < -0.39 is 12.3 Å². The highest BCUT2D eigenvalue weighted by molar-refractivity contribution is 5.59. The first-order valence-corrected chi connectivity index (χ1v) is 7.23. The topological polar surface area (TPSA) is 35.0 Å². The Morgan fingerprint density at radius 3 is 2.48 bits per heavy atom. The van der Waals surface area contributed by atoms with E-state index in [0.29, 0.717) is 11.4 Å². The first kappa shape index (κ1) is 15.8. The molecule has 0 N–H and O–H groups in total. The van der Waals surface area contributed by atoms with E-state index in [1.165, 1.54) is 6.42 Å². The Labute approximate surface area is 122 Å². The number of unbranched alkanes of at least 4 members (excludes halogenated alkanes) is 2. The van der Waals surface area contributed by atoms with Crippen LogP contribution in [0.5, 0.6) is 0 Å². The van der Waals surface area contributed by atoms with E-state index in [2.05, 4.69) is 16.9 Å². The normalized spacial score (nSPS) is 19.0. The number of alkyl halides is 3. The van der Waals surface area contributed by atoms with Crippen molar-refractivity contribution in [2.45, 2.75) is 57.7 Å². The minimum Gasteiger partial charge on any atom is -0.488 e. The highest BCUT2D eigenvalue weighted by atomic mass is 19.4. The third kappa shape index (κ3) is 4.44. The fourth-order valence-electron chi connectivity index (χ4n) is 2.21. The number of hydrogen-bond acceptors (Lipinski definition) is 3. The van der Waals surface area contributed by atoms with Gasteiger partial charge in [-0.3, -0.25) is 0 Å². The lowest BCUT2D eigenvalue weighted by atomic mass is 10.0. The zero-order valence-corrected chi connectivity index (χ0v) is 12.0. The third-order valence-corrected chi connectivity index (χ3v) is 3.48. The molecule has 1 aliphatic rings. The summed E-state index contributed by atoms with van der Waals surface area (Å²) >= 11 is 0. The molecule has 0 aliphatic carbocycles. The Hall–Kier alpha value is -1.59. The molecule has 0 radical (unpaired) electrons. The van der Waals surface area contributed by atoms with Crippen molar-refractivity contribution in [3.8, 4) is 0 Å². The van der Waals surface area contributed by atoms with Crippen molar-refractivity contribution in [2.75, 3.05) is 0 Å². The molecular weight excluding hydrogens is 281 g/mol. The van der Waals surface area contributed by atoms with Crippen molar-refractivity contribution in [2.24, 2.45) is 0 Å². The second kappa shape index (κ2) is 6.91. The largest absolute Gasteiger partial charge is 0.488 e. The Bertz CT molecular complexity index is 483. The number of rotatable bonds is 5. The molecule has 0 saturated carbocycles. The van der Waals surface area contributed by atoms with Gasteiger partial charge in [-0.15, -0.1) is 0 Å². The van der Waals surface area contributed by atoms with E-state index in [-0.39, 0.29) is 12.8 Å². The van der Waals surface area contributed by atoms with E-state index >= 15 is 0 Å². The number of aromatic nitrogens is 2. The molecule has 1 atom stereocenters. The van der Waals surface area contributed by atoms with Crippen LogP contribution in [-0.4, -0.2) is 22.2 Å². The van der Waals surface area contributed by atoms with Crippen LogP contribution in [0.1, 0.15) is 50.4 Å². The maximum Gasteiger partial charge on any atom is 0.425 e. The van der Waals surface area contributed by atoms with Crippen LogP contribution in [0.15, 0.2) is 18.7 Å². The fraction of sp³-hybridized carbons (Fsp3) is 0.600. The lowest BCUT2D eigenvalue weighted by Gasteiger charge is -2.24. The Morgan fingerprint density at radius 2 is 1.95 bits per heavy atom. The van der Waals surface area contributed by atoms with Gasteiger partial charge in [0.15, 0.2) is 11.9 Å². The Kier molecular flexibility index (Phi) is 5.20. The van der Waals surface area contributed by atoms with Gasteiger partial charge in [0.25, 0.3) is 0 Å². The molecule has 116 valence electrons. The van der Waals surface area contributed by atoms with Gasteiger partial charge >= 0.3 is 6.18 Å². The summed E-state index contributed by atoms with van der Waals surface area (Å²) in [5.41, 5.74) is 1.67. The van der Waals surface area contributed by atoms with Gasteiger partial charge in [-0.25, -0.2) is 9.97 Å². The van der Waals surface area contributed by atoms with Gasteiger partial charge < -0.3 is 4.74 Å². The van der Waals surface area contributed by atoms with Crippen LogP contribution in [0.3, 0.4) is 0 Å². The van der Waals surface area contributed by atoms with Crippen LogP contribution in [0.4, 0.5) is 13.2 Å². The molecule has 2 heterocycles. The molecule has 21 heavy (non-hydrogen) atoms. The van der Waals surface area contributed by atoms with Gasteiger partial charge in [0.2, 0.25) is 0 Å². The molecule has 0 aromatic carbocycles. The lowest BCUT2D eigenvalue weighted by Crippen LogP contribution is -2.32. The number of hydrogen-bond donors (Lipinski definition) is 0. The number of halogens is 3. The summed E-state index contributed by atoms with van der Waals surface area (Å²) in [4.78, 5) is 8.46. The quantitative estimate of drug-likeness (QED) is 0.761. The highest BCUT2D eigenvalue weighted by Crippen LogP contribution is 2.33. The SMILES string of the molecule is CCCCCc1cnc(C2=COC(C(F)(F)F)CC2)nc1. The molecule has 0 fully saturated rings. The molecule has 6 heteroatoms. The average Bonchev–Trinajstić information content (AvgIpc) is 2.48. The predicted octanol–water partition coefficient (Wildman–Crippen LogP) is 4.29. The molecule has 1 aromatic heterocycles. The van der Waals surface area contributed by atoms with Gasteiger partial charge in [0.1, 0.15) is 0 Å². The van der Waals surface area contributed by atoms with Crippen LogP contribution >= 0.6 is 0 Å². The zero-order chi connectivity index (χ0) is 15.3. The van der Waals surface area contributed by atoms with Crippen molar-refractivity contribution in [1.29, 1.82) is 0 Å². The second-order valence-corrected chi connectivity index (χ2v) is 5.22. The van der Waals surface area contributed by atoms with Crippen molar-refractivity contribution >= 4 is 5.57 Å². The highest BCUT2D eigenvalue weighted by Gasteiger charge is 2.42. The molecule has 1 aliphatic heterocycles. The van der Waals surface area contributed by atoms with Gasteiger partial charge in [-0.2, -0.15) is 13.2 Å². The average molecular weight is 300 g/mol. The monoisotopic (exact) mass is 300 g/mol. The molecule has 1 unspecified atom stereocenters. The molecule has 0 amide bonds. The van der Waals surface area contributed by atoms with E-state index in [1.54, 1.807) is 12.4 Å². The van der Waals surface area contributed by atoms with Crippen molar-refractivity contribution in [1.82, 2.24) is 9.97 Å². The summed E-state index contributed by atoms with van der Waals surface area (Å²) in [5, 5.41) is 0. The predicted molar refractivity (Wildman–Crippen MR) is 73.4 cm³/mol. The Morgan fingerprint density at radius 1 is 1.24 bits per heavy atom. The van der Waals surface area contributed by atoms with E-state index in [9.17, 15) is 13.2 Å². The van der Waals surface area contributed by atoms with Crippen LogP contribution in [0.2, 0.25) is 0 Å². The summed E-state index contributed by atoms with van der Waals surface area (Å²) < 4.78 is 42.2. The number of allylic oxidation sites excluding steroid dienone is 1. The van der Waals surface area contributed by atoms with Gasteiger partial charge in [-0.1, -0.05) is 19.8 Å². The summed E-state index contributed by atoms with van der Waals surface area (Å²) in [5.74, 6) is 0.454. The molecule has 1 aromatic rings. The van der Waals surface area contributed by atoms with E-state index in [0.717, 1.165) is 31.1 Å². The first-order chi connectivity index (χ1) is 10.0. The maximum absolute atomic E-state index is 12.5. The second-order valence-electron chi connectivity index (χ2n) is 5.22. The van der Waals surface area contributed by atoms with Crippen LogP contribution in [-0.2, 0) is 11.2 Å². The van der Waals surface area contributed by atoms with Gasteiger partial charge in [0, 0.05) is 18.0 Å². The van der Waals surface area contributed by atoms with Gasteiger partial charge in [-0.05, 0) is 31.2 Å². The van der Waals surface area contributed by atoms with Crippen molar-refractivity contribution < 1.29 is 17.9 Å². The molecular formula is C15H19F3N2O. The maximum atomic E-state index is 12.5. The third-order valence-electron chi connectivity index (χ3n) is 3.48. The molecule has 0 spiro atoms. The van der Waals surface area contributed by atoms with Gasteiger partial charge in [0.05, 0.1) is 6.26 Å². The molecule has 2 rings (SSSR count). The number of ether oxygens (including phenoxy) is 1. The summed E-state index contributed by atoms with van der Waals surface area (Å²) in [6.45, 7) is 2.14. The van der Waals surface area contributed by atoms with Crippen LogP contribution in [0.25, 0.3) is 5.57 Å². The fourth-order valence-corrected chi connectivity index (χ4v) is 2.21. The van der Waals surface area contributed by atoms with E-state index in [4.69, 9.17) is 4.74 Å². The summed E-state index contributed by atoms with van der Waals surface area (Å²) in [6, 6.07) is 0. The molecule has 0 bridgehead atoms. The minimum absolute atomic E-state index is 0.0864. The summed E-state index contributed by atoms with van der Waals surface area (Å²) in [7, 11) is 0. The number of nitrogens with zero attached hydrogens (tertiary/aromatic N) is 2. The van der Waals surface area contributed by atoms with Crippen LogP contribution < -0.4 is 0 Å². The van der Waals surface area contributed by atoms with Crippen molar-refractivity contribution in [3.63, 3.8) is 0 Å². The lowest BCUT2D eigenvalue weighted by molar-refractivity contribution is -0.208. The Balaban J connectivity index is 1.95. The minimum atomic E-state index is -4.31. The number of aryl methyl sites for hydroxylation is 1.